The van der Waals surface area contributed by atoms with Crippen LogP contribution in [0.1, 0.15) is 52.9 Å². The van der Waals surface area contributed by atoms with Crippen LogP contribution in [-0.2, 0) is 0 Å². The van der Waals surface area contributed by atoms with Crippen molar-refractivity contribution in [1.29, 1.82) is 0 Å². The fourth-order valence-electron chi connectivity index (χ4n) is 2.93. The lowest BCUT2D eigenvalue weighted by molar-refractivity contribution is 0.509. The molecule has 0 aromatic carbocycles. The van der Waals surface area contributed by atoms with E-state index >= 15 is 0 Å². The van der Waals surface area contributed by atoms with Crippen LogP contribution in [-0.4, -0.2) is 19.3 Å². The molecule has 1 N–H and O–H groups in total. The van der Waals surface area contributed by atoms with Gasteiger partial charge in [-0.15, -0.1) is 6.58 Å². The fourth-order valence-corrected chi connectivity index (χ4v) is 2.93. The number of hydrogen-bond acceptors (Lipinski definition) is 2. The van der Waals surface area contributed by atoms with Crippen molar-refractivity contribution < 1.29 is 0 Å². The Kier molecular flexibility index (Phi) is 8.57. The van der Waals surface area contributed by atoms with E-state index in [1.807, 2.05) is 13.1 Å². The highest BCUT2D eigenvalue weighted by Crippen LogP contribution is 2.26. The zero-order valence-electron chi connectivity index (χ0n) is 14.8. The van der Waals surface area contributed by atoms with Gasteiger partial charge in [-0.05, 0) is 45.4 Å². The summed E-state index contributed by atoms with van der Waals surface area (Å²) in [6.07, 6.45) is 14.6. The van der Waals surface area contributed by atoms with Crippen LogP contribution >= 0.6 is 0 Å². The molecular formula is C20H32N2. The van der Waals surface area contributed by atoms with Crippen LogP contribution in [0.2, 0.25) is 0 Å². The fraction of sp³-hybridized carbons (Fsp3) is 0.550. The quantitative estimate of drug-likeness (QED) is 0.389. The third-order valence-corrected chi connectivity index (χ3v) is 4.33. The van der Waals surface area contributed by atoms with E-state index in [0.29, 0.717) is 0 Å². The highest BCUT2D eigenvalue weighted by atomic mass is 14.9. The second-order valence-electron chi connectivity index (χ2n) is 6.00. The SMILES string of the molecule is C=CCNC(=C\C)/C(=C/C)C(CC1=CCCC(C)CC1)=NC. The van der Waals surface area contributed by atoms with Crippen LogP contribution in [0.15, 0.2) is 52.7 Å². The summed E-state index contributed by atoms with van der Waals surface area (Å²) in [6.45, 7) is 11.1. The van der Waals surface area contributed by atoms with Gasteiger partial charge in [0.05, 0.1) is 0 Å². The van der Waals surface area contributed by atoms with Gasteiger partial charge in [0, 0.05) is 37.0 Å². The first-order valence-corrected chi connectivity index (χ1v) is 8.47. The second-order valence-corrected chi connectivity index (χ2v) is 6.00. The predicted octanol–water partition coefficient (Wildman–Crippen LogP) is 5.21. The molecule has 0 spiro atoms. The smallest absolute Gasteiger partial charge is 0.0474 e. The van der Waals surface area contributed by atoms with Crippen molar-refractivity contribution in [2.24, 2.45) is 10.9 Å². The van der Waals surface area contributed by atoms with E-state index in [4.69, 9.17) is 0 Å². The van der Waals surface area contributed by atoms with Crippen molar-refractivity contribution in [2.75, 3.05) is 13.6 Å². The molecule has 1 aliphatic carbocycles. The number of allylic oxidation sites excluding steroid dienone is 5. The van der Waals surface area contributed by atoms with Gasteiger partial charge in [-0.1, -0.05) is 36.8 Å². The number of aliphatic imine (C=N–C) groups is 1. The van der Waals surface area contributed by atoms with Gasteiger partial charge in [0.2, 0.25) is 0 Å². The lowest BCUT2D eigenvalue weighted by Crippen LogP contribution is -2.19. The van der Waals surface area contributed by atoms with Gasteiger partial charge in [0.15, 0.2) is 0 Å². The molecule has 0 bridgehead atoms. The van der Waals surface area contributed by atoms with Gasteiger partial charge in [-0.2, -0.15) is 0 Å². The first kappa shape index (κ1) is 18.5. The molecule has 0 radical (unpaired) electrons. The average molecular weight is 300 g/mol. The minimum absolute atomic E-state index is 0.772. The summed E-state index contributed by atoms with van der Waals surface area (Å²) in [5.41, 5.74) is 5.08. The van der Waals surface area contributed by atoms with Crippen molar-refractivity contribution in [1.82, 2.24) is 5.32 Å². The van der Waals surface area contributed by atoms with Gasteiger partial charge >= 0.3 is 0 Å². The Morgan fingerprint density at radius 3 is 2.73 bits per heavy atom. The van der Waals surface area contributed by atoms with E-state index in [1.165, 1.54) is 37.0 Å². The maximum absolute atomic E-state index is 4.58. The number of nitrogens with one attached hydrogen (secondary N) is 1. The monoisotopic (exact) mass is 300 g/mol. The maximum atomic E-state index is 4.58. The summed E-state index contributed by atoms with van der Waals surface area (Å²) in [6, 6.07) is 0. The summed E-state index contributed by atoms with van der Waals surface area (Å²) in [4.78, 5) is 4.58. The highest BCUT2D eigenvalue weighted by molar-refractivity contribution is 6.04. The molecule has 0 heterocycles. The Balaban J connectivity index is 2.84. The standard InChI is InChI=1S/C20H32N2/c1-6-14-22-19(8-3)18(7-2)20(21-5)15-17-11-9-10-16(4)12-13-17/h6-8,11,16,22H,1,9-10,12-15H2,2-5H3/b18-7-,19-8-,21-20?. The normalized spacial score (nSPS) is 21.2. The molecule has 0 saturated heterocycles. The van der Waals surface area contributed by atoms with Crippen LogP contribution in [0.5, 0.6) is 0 Å². The molecule has 0 aromatic heterocycles. The van der Waals surface area contributed by atoms with E-state index in [1.54, 1.807) is 5.57 Å². The molecule has 0 aliphatic heterocycles. The number of rotatable bonds is 7. The third-order valence-electron chi connectivity index (χ3n) is 4.33. The third kappa shape index (κ3) is 5.67. The summed E-state index contributed by atoms with van der Waals surface area (Å²) in [5, 5.41) is 3.42. The summed E-state index contributed by atoms with van der Waals surface area (Å²) < 4.78 is 0. The summed E-state index contributed by atoms with van der Waals surface area (Å²) in [7, 11) is 1.90. The first-order valence-electron chi connectivity index (χ1n) is 8.47. The van der Waals surface area contributed by atoms with E-state index in [0.717, 1.165) is 24.6 Å². The van der Waals surface area contributed by atoms with E-state index in [-0.39, 0.29) is 0 Å². The number of nitrogens with zero attached hydrogens (tertiary/aromatic N) is 1. The van der Waals surface area contributed by atoms with Crippen molar-refractivity contribution >= 4 is 5.71 Å². The lowest BCUT2D eigenvalue weighted by atomic mass is 9.95. The Bertz CT molecular complexity index is 478. The second kappa shape index (κ2) is 10.2. The van der Waals surface area contributed by atoms with Crippen LogP contribution in [0.4, 0.5) is 0 Å². The Hall–Kier alpha value is -1.57. The Morgan fingerprint density at radius 2 is 2.14 bits per heavy atom. The van der Waals surface area contributed by atoms with Crippen molar-refractivity contribution in [3.8, 4) is 0 Å². The van der Waals surface area contributed by atoms with Gasteiger partial charge in [-0.25, -0.2) is 0 Å². The highest BCUT2D eigenvalue weighted by Gasteiger charge is 2.15. The zero-order chi connectivity index (χ0) is 16.4. The van der Waals surface area contributed by atoms with Gasteiger partial charge in [0.1, 0.15) is 0 Å². The average Bonchev–Trinajstić information content (AvgIpc) is 2.74. The molecule has 1 rings (SSSR count). The van der Waals surface area contributed by atoms with Gasteiger partial charge in [0.25, 0.3) is 0 Å². The molecule has 2 heteroatoms. The zero-order valence-corrected chi connectivity index (χ0v) is 14.8. The lowest BCUT2D eigenvalue weighted by Gasteiger charge is -2.17. The molecule has 0 saturated carbocycles. The minimum atomic E-state index is 0.772. The van der Waals surface area contributed by atoms with Crippen molar-refractivity contribution in [3.05, 3.63) is 47.7 Å². The van der Waals surface area contributed by atoms with E-state index in [2.05, 4.69) is 55.9 Å². The molecule has 122 valence electrons. The molecule has 2 nitrogen and oxygen atoms in total. The molecular weight excluding hydrogens is 268 g/mol. The largest absolute Gasteiger partial charge is 0.381 e. The topological polar surface area (TPSA) is 24.4 Å². The molecule has 1 aliphatic rings. The van der Waals surface area contributed by atoms with Gasteiger partial charge in [-0.3, -0.25) is 4.99 Å². The van der Waals surface area contributed by atoms with Crippen LogP contribution in [0.25, 0.3) is 0 Å². The van der Waals surface area contributed by atoms with Gasteiger partial charge < -0.3 is 5.32 Å². The maximum Gasteiger partial charge on any atom is 0.0474 e. The van der Waals surface area contributed by atoms with E-state index < -0.39 is 0 Å². The van der Waals surface area contributed by atoms with Crippen molar-refractivity contribution in [3.63, 3.8) is 0 Å². The van der Waals surface area contributed by atoms with E-state index in [9.17, 15) is 0 Å². The number of hydrogen-bond donors (Lipinski definition) is 1. The molecule has 1 atom stereocenters. The molecule has 22 heavy (non-hydrogen) atoms. The molecule has 0 amide bonds. The molecule has 0 fully saturated rings. The molecule has 1 unspecified atom stereocenters. The first-order chi connectivity index (χ1) is 10.7. The van der Waals surface area contributed by atoms with Crippen molar-refractivity contribution in [2.45, 2.75) is 52.9 Å². The predicted molar refractivity (Wildman–Crippen MR) is 99.4 cm³/mol. The molecule has 0 aromatic rings. The summed E-state index contributed by atoms with van der Waals surface area (Å²) in [5.74, 6) is 0.845. The Morgan fingerprint density at radius 1 is 1.36 bits per heavy atom. The Labute approximate surface area is 136 Å². The van der Waals surface area contributed by atoms with Crippen LogP contribution < -0.4 is 5.32 Å². The summed E-state index contributed by atoms with van der Waals surface area (Å²) >= 11 is 0. The minimum Gasteiger partial charge on any atom is -0.381 e. The van der Waals surface area contributed by atoms with Crippen LogP contribution in [0, 0.1) is 5.92 Å². The van der Waals surface area contributed by atoms with Crippen LogP contribution in [0.3, 0.4) is 0 Å².